The lowest BCUT2D eigenvalue weighted by molar-refractivity contribution is -0.107. The second-order valence-corrected chi connectivity index (χ2v) is 2.74. The zero-order chi connectivity index (χ0) is 11.1. The summed E-state index contributed by atoms with van der Waals surface area (Å²) < 4.78 is 0. The van der Waals surface area contributed by atoms with E-state index in [-0.39, 0.29) is 0 Å². The van der Waals surface area contributed by atoms with Crippen LogP contribution in [-0.4, -0.2) is 25.0 Å². The Bertz CT molecular complexity index is 359. The topological polar surface area (TPSA) is 70.3 Å². The third kappa shape index (κ3) is 3.26. The molecule has 0 aliphatic rings. The van der Waals surface area contributed by atoms with E-state index < -0.39 is 0 Å². The maximum absolute atomic E-state index is 10.2. The van der Waals surface area contributed by atoms with E-state index in [1.807, 2.05) is 6.07 Å². The summed E-state index contributed by atoms with van der Waals surface area (Å²) in [6.45, 7) is 3.17. The Balaban J connectivity index is 2.74. The van der Waals surface area contributed by atoms with Crippen molar-refractivity contribution in [2.24, 2.45) is 15.5 Å². The first-order chi connectivity index (χ1) is 7.27. The Hall–Kier alpha value is -2.11. The van der Waals surface area contributed by atoms with Crippen molar-refractivity contribution >= 4 is 18.8 Å². The Morgan fingerprint density at radius 1 is 1.60 bits per heavy atom. The van der Waals surface area contributed by atoms with Crippen molar-refractivity contribution in [3.8, 4) is 0 Å². The van der Waals surface area contributed by atoms with Crippen molar-refractivity contribution in [2.75, 3.05) is 12.1 Å². The second kappa shape index (κ2) is 5.58. The van der Waals surface area contributed by atoms with Gasteiger partial charge in [-0.1, -0.05) is 6.07 Å². The number of rotatable bonds is 5. The van der Waals surface area contributed by atoms with Crippen molar-refractivity contribution < 1.29 is 4.79 Å². The molecule has 1 heterocycles. The molecule has 1 aromatic rings. The van der Waals surface area contributed by atoms with E-state index >= 15 is 0 Å². The Kier molecular flexibility index (Phi) is 4.08. The number of aromatic nitrogens is 1. The fourth-order valence-corrected chi connectivity index (χ4v) is 0.959. The van der Waals surface area contributed by atoms with Crippen molar-refractivity contribution in [1.82, 2.24) is 4.98 Å². The summed E-state index contributed by atoms with van der Waals surface area (Å²) in [6, 6.07) is 3.56. The van der Waals surface area contributed by atoms with E-state index in [0.717, 1.165) is 11.8 Å². The molecule has 0 spiro atoms. The molecule has 0 atom stereocenters. The van der Waals surface area contributed by atoms with Crippen LogP contribution in [0.1, 0.15) is 5.56 Å². The standard InChI is InChI=1S/C9H11N5O/c1-10-12-13-14(2)9-4-3-8(5-6-15)7-11-9/h3-4,6-7H,1,5H2,2H3/b13-12-. The lowest BCUT2D eigenvalue weighted by Gasteiger charge is -2.08. The summed E-state index contributed by atoms with van der Waals surface area (Å²) in [5, 5.41) is 11.8. The van der Waals surface area contributed by atoms with Crippen molar-refractivity contribution in [1.29, 1.82) is 0 Å². The Morgan fingerprint density at radius 2 is 2.40 bits per heavy atom. The molecule has 0 saturated carbocycles. The molecule has 0 amide bonds. The van der Waals surface area contributed by atoms with Crippen LogP contribution in [-0.2, 0) is 11.2 Å². The van der Waals surface area contributed by atoms with Gasteiger partial charge in [0, 0.05) is 26.4 Å². The number of anilines is 1. The molecule has 1 rings (SSSR count). The highest BCUT2D eigenvalue weighted by atomic mass is 16.1. The van der Waals surface area contributed by atoms with Crippen LogP contribution < -0.4 is 5.01 Å². The molecular weight excluding hydrogens is 194 g/mol. The molecule has 1 aromatic heterocycles. The average molecular weight is 205 g/mol. The number of hydrogen-bond donors (Lipinski definition) is 0. The van der Waals surface area contributed by atoms with Gasteiger partial charge in [0.1, 0.15) is 12.1 Å². The highest BCUT2D eigenvalue weighted by Crippen LogP contribution is 2.09. The zero-order valence-corrected chi connectivity index (χ0v) is 8.37. The van der Waals surface area contributed by atoms with E-state index in [0.29, 0.717) is 12.2 Å². The molecular formula is C9H11N5O. The molecule has 6 nitrogen and oxygen atoms in total. The molecule has 0 N–H and O–H groups in total. The van der Waals surface area contributed by atoms with Crippen LogP contribution >= 0.6 is 0 Å². The monoisotopic (exact) mass is 205 g/mol. The van der Waals surface area contributed by atoms with Crippen molar-refractivity contribution in [3.63, 3.8) is 0 Å². The summed E-state index contributed by atoms with van der Waals surface area (Å²) in [7, 11) is 1.69. The van der Waals surface area contributed by atoms with E-state index in [1.54, 1.807) is 19.3 Å². The van der Waals surface area contributed by atoms with Gasteiger partial charge >= 0.3 is 0 Å². The molecule has 0 unspecified atom stereocenters. The maximum Gasteiger partial charge on any atom is 0.149 e. The summed E-state index contributed by atoms with van der Waals surface area (Å²) in [6.07, 6.45) is 2.82. The molecule has 15 heavy (non-hydrogen) atoms. The molecule has 0 bridgehead atoms. The third-order valence-electron chi connectivity index (χ3n) is 1.70. The molecule has 0 fully saturated rings. The number of aldehydes is 1. The van der Waals surface area contributed by atoms with Gasteiger partial charge in [-0.3, -0.25) is 0 Å². The fraction of sp³-hybridized carbons (Fsp3) is 0.222. The predicted octanol–water partition coefficient (Wildman–Crippen LogP) is 1.24. The van der Waals surface area contributed by atoms with Gasteiger partial charge in [0.15, 0.2) is 0 Å². The highest BCUT2D eigenvalue weighted by Gasteiger charge is 2.00. The minimum atomic E-state index is 0.368. The first-order valence-electron chi connectivity index (χ1n) is 4.27. The predicted molar refractivity (Wildman–Crippen MR) is 56.8 cm³/mol. The van der Waals surface area contributed by atoms with Crippen LogP contribution in [0.15, 0.2) is 33.9 Å². The normalized spacial score (nSPS) is 10.2. The van der Waals surface area contributed by atoms with E-state index in [9.17, 15) is 4.79 Å². The summed E-state index contributed by atoms with van der Waals surface area (Å²) in [4.78, 5) is 14.3. The van der Waals surface area contributed by atoms with E-state index in [4.69, 9.17) is 0 Å². The molecule has 0 aliphatic carbocycles. The van der Waals surface area contributed by atoms with E-state index in [2.05, 4.69) is 27.2 Å². The van der Waals surface area contributed by atoms with Crippen LogP contribution in [0.25, 0.3) is 0 Å². The van der Waals surface area contributed by atoms with Gasteiger partial charge in [-0.2, -0.15) is 0 Å². The largest absolute Gasteiger partial charge is 0.303 e. The summed E-state index contributed by atoms with van der Waals surface area (Å²) >= 11 is 0. The van der Waals surface area contributed by atoms with Gasteiger partial charge in [0.2, 0.25) is 0 Å². The van der Waals surface area contributed by atoms with Crippen molar-refractivity contribution in [3.05, 3.63) is 23.9 Å². The van der Waals surface area contributed by atoms with Crippen LogP contribution in [0.4, 0.5) is 5.82 Å². The average Bonchev–Trinajstić information content (AvgIpc) is 2.27. The minimum absolute atomic E-state index is 0.368. The number of carbonyl (C=O) groups is 1. The minimum Gasteiger partial charge on any atom is -0.303 e. The number of pyridine rings is 1. The third-order valence-corrected chi connectivity index (χ3v) is 1.70. The molecule has 0 radical (unpaired) electrons. The lowest BCUT2D eigenvalue weighted by Crippen LogP contribution is -2.09. The van der Waals surface area contributed by atoms with Crippen LogP contribution in [0.2, 0.25) is 0 Å². The fourth-order valence-electron chi connectivity index (χ4n) is 0.959. The SMILES string of the molecule is C=N/N=N\N(C)c1ccc(CC=O)cn1. The highest BCUT2D eigenvalue weighted by molar-refractivity contribution is 5.55. The number of nitrogens with zero attached hydrogens (tertiary/aromatic N) is 5. The molecule has 0 aromatic carbocycles. The number of hydrogen-bond acceptors (Lipinski definition) is 4. The lowest BCUT2D eigenvalue weighted by atomic mass is 10.2. The summed E-state index contributed by atoms with van der Waals surface area (Å²) in [5.74, 6) is 0.622. The van der Waals surface area contributed by atoms with Gasteiger partial charge < -0.3 is 4.79 Å². The zero-order valence-electron chi connectivity index (χ0n) is 8.37. The molecule has 6 heteroatoms. The second-order valence-electron chi connectivity index (χ2n) is 2.74. The van der Waals surface area contributed by atoms with Crippen LogP contribution in [0, 0.1) is 0 Å². The molecule has 0 saturated heterocycles. The van der Waals surface area contributed by atoms with Gasteiger partial charge in [0.25, 0.3) is 0 Å². The van der Waals surface area contributed by atoms with Gasteiger partial charge in [0.05, 0.1) is 0 Å². The molecule has 78 valence electrons. The van der Waals surface area contributed by atoms with E-state index in [1.165, 1.54) is 5.01 Å². The van der Waals surface area contributed by atoms with Gasteiger partial charge in [-0.15, -0.1) is 5.10 Å². The number of carbonyl (C=O) groups excluding carboxylic acids is 1. The van der Waals surface area contributed by atoms with Crippen molar-refractivity contribution in [2.45, 2.75) is 6.42 Å². The quantitative estimate of drug-likeness (QED) is 0.314. The first kappa shape index (κ1) is 11.0. The van der Waals surface area contributed by atoms with Gasteiger partial charge in [-0.05, 0) is 22.1 Å². The smallest absolute Gasteiger partial charge is 0.149 e. The van der Waals surface area contributed by atoms with Gasteiger partial charge in [-0.25, -0.2) is 9.99 Å². The Labute approximate surface area is 87.3 Å². The van der Waals surface area contributed by atoms with Crippen LogP contribution in [0.5, 0.6) is 0 Å². The maximum atomic E-state index is 10.2. The molecule has 0 aliphatic heterocycles. The first-order valence-corrected chi connectivity index (χ1v) is 4.27. The Morgan fingerprint density at radius 3 is 2.93 bits per heavy atom. The van der Waals surface area contributed by atoms with Crippen LogP contribution in [0.3, 0.4) is 0 Å². The summed E-state index contributed by atoms with van der Waals surface area (Å²) in [5.41, 5.74) is 0.862.